The van der Waals surface area contributed by atoms with Crippen molar-refractivity contribution in [2.75, 3.05) is 11.5 Å². The van der Waals surface area contributed by atoms with Crippen molar-refractivity contribution in [1.82, 2.24) is 4.98 Å². The number of pyridine rings is 1. The van der Waals surface area contributed by atoms with Crippen molar-refractivity contribution in [1.29, 1.82) is 0 Å². The van der Waals surface area contributed by atoms with Crippen molar-refractivity contribution in [2.45, 2.75) is 18.9 Å². The second-order valence-corrected chi connectivity index (χ2v) is 3.80. The Labute approximate surface area is 92.9 Å². The van der Waals surface area contributed by atoms with E-state index in [4.69, 9.17) is 11.8 Å². The third-order valence-corrected chi connectivity index (χ3v) is 2.70. The highest BCUT2D eigenvalue weighted by molar-refractivity contribution is 6.25. The molecule has 0 aromatic carbocycles. The molecular formula is C10H11ClN2O2. The Morgan fingerprint density at radius 3 is 2.80 bits per heavy atom. The van der Waals surface area contributed by atoms with Gasteiger partial charge in [0.25, 0.3) is 0 Å². The minimum Gasteiger partial charge on any atom is -0.465 e. The van der Waals surface area contributed by atoms with Crippen LogP contribution in [0.5, 0.6) is 0 Å². The van der Waals surface area contributed by atoms with E-state index in [1.165, 1.54) is 13.3 Å². The van der Waals surface area contributed by atoms with Crippen LogP contribution in [-0.4, -0.2) is 24.1 Å². The zero-order valence-corrected chi connectivity index (χ0v) is 9.07. The van der Waals surface area contributed by atoms with Crippen LogP contribution in [0.25, 0.3) is 0 Å². The van der Waals surface area contributed by atoms with Crippen LogP contribution in [0.2, 0.25) is 0 Å². The monoisotopic (exact) mass is 226 g/mol. The van der Waals surface area contributed by atoms with Crippen molar-refractivity contribution >= 4 is 23.6 Å². The molecule has 1 heterocycles. The minimum absolute atomic E-state index is 0.387. The van der Waals surface area contributed by atoms with Crippen molar-refractivity contribution < 1.29 is 9.53 Å². The summed E-state index contributed by atoms with van der Waals surface area (Å²) in [7, 11) is 1.34. The zero-order valence-electron chi connectivity index (χ0n) is 8.31. The second-order valence-electron chi connectivity index (χ2n) is 3.44. The van der Waals surface area contributed by atoms with E-state index in [-0.39, 0.29) is 5.97 Å². The fourth-order valence-electron chi connectivity index (χ4n) is 1.24. The van der Waals surface area contributed by atoms with Gasteiger partial charge >= 0.3 is 5.97 Å². The number of esters is 1. The molecule has 1 aromatic rings. The summed E-state index contributed by atoms with van der Waals surface area (Å²) < 4.78 is 6.18. The summed E-state index contributed by atoms with van der Waals surface area (Å²) in [6, 6.07) is 3.77. The van der Waals surface area contributed by atoms with Crippen LogP contribution in [0.3, 0.4) is 0 Å². The summed E-state index contributed by atoms with van der Waals surface area (Å²) in [4.78, 5) is 15.2. The lowest BCUT2D eigenvalue weighted by Crippen LogP contribution is -2.14. The quantitative estimate of drug-likeness (QED) is 0.584. The number of carbonyl (C=O) groups is 1. The van der Waals surface area contributed by atoms with E-state index in [0.29, 0.717) is 17.4 Å². The molecule has 0 radical (unpaired) electrons. The molecule has 0 bridgehead atoms. The van der Waals surface area contributed by atoms with Gasteiger partial charge in [0.15, 0.2) is 0 Å². The van der Waals surface area contributed by atoms with Gasteiger partial charge in [0, 0.05) is 24.0 Å². The smallest absolute Gasteiger partial charge is 0.339 e. The molecule has 1 saturated carbocycles. The van der Waals surface area contributed by atoms with Crippen LogP contribution in [0.15, 0.2) is 18.3 Å². The lowest BCUT2D eigenvalue weighted by Gasteiger charge is -2.13. The molecule has 1 aliphatic rings. The Kier molecular flexibility index (Phi) is 2.77. The molecule has 1 fully saturated rings. The van der Waals surface area contributed by atoms with Gasteiger partial charge in [0.1, 0.15) is 5.82 Å². The number of methoxy groups -OCH3 is 1. The first-order valence-electron chi connectivity index (χ1n) is 4.71. The number of hydrogen-bond donors (Lipinski definition) is 0. The lowest BCUT2D eigenvalue weighted by atomic mass is 10.3. The number of hydrogen-bond acceptors (Lipinski definition) is 4. The van der Waals surface area contributed by atoms with Gasteiger partial charge in [0.05, 0.1) is 12.7 Å². The molecule has 5 heteroatoms. The number of carbonyl (C=O) groups excluding carboxylic acids is 1. The number of ether oxygens (including phenoxy) is 1. The highest BCUT2D eigenvalue weighted by Gasteiger charge is 2.29. The largest absolute Gasteiger partial charge is 0.465 e. The summed E-state index contributed by atoms with van der Waals surface area (Å²) in [5, 5.41) is 0. The van der Waals surface area contributed by atoms with Crippen LogP contribution in [0.1, 0.15) is 23.2 Å². The molecule has 80 valence electrons. The molecule has 15 heavy (non-hydrogen) atoms. The van der Waals surface area contributed by atoms with Crippen LogP contribution in [-0.2, 0) is 4.74 Å². The predicted molar refractivity (Wildman–Crippen MR) is 56.9 cm³/mol. The van der Waals surface area contributed by atoms with Gasteiger partial charge in [-0.2, -0.15) is 0 Å². The zero-order chi connectivity index (χ0) is 10.8. The van der Waals surface area contributed by atoms with Gasteiger partial charge in [-0.25, -0.2) is 9.78 Å². The number of anilines is 1. The van der Waals surface area contributed by atoms with E-state index < -0.39 is 0 Å². The Morgan fingerprint density at radius 2 is 2.33 bits per heavy atom. The average Bonchev–Trinajstić information content (AvgIpc) is 3.11. The molecule has 0 amide bonds. The van der Waals surface area contributed by atoms with Gasteiger partial charge in [-0.1, -0.05) is 0 Å². The van der Waals surface area contributed by atoms with Gasteiger partial charge in [-0.15, -0.1) is 0 Å². The highest BCUT2D eigenvalue weighted by atomic mass is 35.5. The lowest BCUT2D eigenvalue weighted by molar-refractivity contribution is 0.0600. The third-order valence-electron chi connectivity index (χ3n) is 2.26. The van der Waals surface area contributed by atoms with Crippen molar-refractivity contribution in [3.8, 4) is 0 Å². The van der Waals surface area contributed by atoms with E-state index in [1.54, 1.807) is 16.6 Å². The molecule has 1 aliphatic carbocycles. The summed E-state index contributed by atoms with van der Waals surface area (Å²) in [5.74, 6) is 0.286. The molecule has 0 aliphatic heterocycles. The maximum Gasteiger partial charge on any atom is 0.339 e. The second kappa shape index (κ2) is 4.06. The maximum absolute atomic E-state index is 11.1. The average molecular weight is 227 g/mol. The van der Waals surface area contributed by atoms with E-state index in [1.807, 2.05) is 0 Å². The summed E-state index contributed by atoms with van der Waals surface area (Å²) >= 11 is 6.02. The topological polar surface area (TPSA) is 42.4 Å². The highest BCUT2D eigenvalue weighted by Crippen LogP contribution is 2.31. The van der Waals surface area contributed by atoms with E-state index in [0.717, 1.165) is 12.8 Å². The predicted octanol–water partition coefficient (Wildman–Crippen LogP) is 1.99. The van der Waals surface area contributed by atoms with E-state index >= 15 is 0 Å². The number of aromatic nitrogens is 1. The van der Waals surface area contributed by atoms with Gasteiger partial charge < -0.3 is 4.74 Å². The van der Waals surface area contributed by atoms with Gasteiger partial charge in [-0.3, -0.25) is 4.42 Å². The first-order valence-corrected chi connectivity index (χ1v) is 5.05. The van der Waals surface area contributed by atoms with Crippen LogP contribution in [0.4, 0.5) is 5.82 Å². The fourth-order valence-corrected chi connectivity index (χ4v) is 1.53. The summed E-state index contributed by atoms with van der Waals surface area (Å²) in [5.41, 5.74) is 0.433. The first-order chi connectivity index (χ1) is 7.22. The summed E-state index contributed by atoms with van der Waals surface area (Å²) in [6.45, 7) is 0. The first kappa shape index (κ1) is 10.2. The Bertz CT molecular complexity index is 362. The van der Waals surface area contributed by atoms with Crippen molar-refractivity contribution in [2.24, 2.45) is 0 Å². The molecule has 0 N–H and O–H groups in total. The molecule has 0 spiro atoms. The summed E-state index contributed by atoms with van der Waals surface area (Å²) in [6.07, 6.45) is 3.67. The number of rotatable bonds is 3. The number of halogens is 1. The van der Waals surface area contributed by atoms with Crippen molar-refractivity contribution in [3.63, 3.8) is 0 Å². The molecule has 0 atom stereocenters. The Balaban J connectivity index is 2.12. The Morgan fingerprint density at radius 1 is 1.60 bits per heavy atom. The number of nitrogens with zero attached hydrogens (tertiary/aromatic N) is 2. The molecule has 4 nitrogen and oxygen atoms in total. The van der Waals surface area contributed by atoms with E-state index in [2.05, 4.69) is 9.72 Å². The fraction of sp³-hybridized carbons (Fsp3) is 0.400. The van der Waals surface area contributed by atoms with Crippen LogP contribution < -0.4 is 4.42 Å². The van der Waals surface area contributed by atoms with Crippen LogP contribution in [0, 0.1) is 0 Å². The normalized spacial score (nSPS) is 14.8. The standard InChI is InChI=1S/C10H11ClN2O2/c1-15-10(14)7-2-5-9(12-6-7)13(11)8-3-4-8/h2,5-6,8H,3-4H2,1H3. The molecule has 2 rings (SSSR count). The van der Waals surface area contributed by atoms with Gasteiger partial charge in [0.2, 0.25) is 0 Å². The van der Waals surface area contributed by atoms with E-state index in [9.17, 15) is 4.79 Å². The molecule has 0 saturated heterocycles. The maximum atomic E-state index is 11.1. The molecule has 1 aromatic heterocycles. The molecule has 0 unspecified atom stereocenters. The SMILES string of the molecule is COC(=O)c1ccc(N(Cl)C2CC2)nc1. The molecular weight excluding hydrogens is 216 g/mol. The van der Waals surface area contributed by atoms with Gasteiger partial charge in [-0.05, 0) is 25.0 Å². The Hall–Kier alpha value is -1.29. The third kappa shape index (κ3) is 2.21. The van der Waals surface area contributed by atoms with Crippen molar-refractivity contribution in [3.05, 3.63) is 23.9 Å². The minimum atomic E-state index is -0.387. The van der Waals surface area contributed by atoms with Crippen LogP contribution >= 0.6 is 11.8 Å².